The Hall–Kier alpha value is -0.0800. The van der Waals surface area contributed by atoms with Crippen LogP contribution in [-0.4, -0.2) is 25.3 Å². The fraction of sp³-hybridized carbons (Fsp3) is 1.00. The van der Waals surface area contributed by atoms with Crippen molar-refractivity contribution >= 4 is 0 Å². The van der Waals surface area contributed by atoms with Crippen molar-refractivity contribution in [1.29, 1.82) is 0 Å². The van der Waals surface area contributed by atoms with E-state index in [0.29, 0.717) is 12.1 Å². The van der Waals surface area contributed by atoms with Gasteiger partial charge in [0, 0.05) is 19.2 Å². The maximum absolute atomic E-state index is 5.74. The molecule has 14 heavy (non-hydrogen) atoms. The van der Waals surface area contributed by atoms with Crippen molar-refractivity contribution in [2.45, 2.75) is 58.6 Å². The van der Waals surface area contributed by atoms with Gasteiger partial charge >= 0.3 is 0 Å². The van der Waals surface area contributed by atoms with E-state index in [4.69, 9.17) is 4.74 Å². The molecule has 1 atom stereocenters. The summed E-state index contributed by atoms with van der Waals surface area (Å²) in [6.07, 6.45) is 5.93. The van der Waals surface area contributed by atoms with Gasteiger partial charge in [0.2, 0.25) is 0 Å². The molecule has 84 valence electrons. The van der Waals surface area contributed by atoms with Gasteiger partial charge in [0.25, 0.3) is 0 Å². The van der Waals surface area contributed by atoms with Gasteiger partial charge < -0.3 is 10.1 Å². The van der Waals surface area contributed by atoms with E-state index in [0.717, 1.165) is 19.1 Å². The Balaban J connectivity index is 1.89. The summed E-state index contributed by atoms with van der Waals surface area (Å²) in [6.45, 7) is 8.41. The standard InChI is InChI=1S/C12H25NO/c1-10(2)13-9-11(3)14-8-7-12-5-4-6-12/h10-13H,4-9H2,1-3H3. The average molecular weight is 199 g/mol. The molecule has 0 aromatic rings. The zero-order valence-electron chi connectivity index (χ0n) is 9.88. The van der Waals surface area contributed by atoms with Gasteiger partial charge in [0.05, 0.1) is 6.10 Å². The molecule has 0 spiro atoms. The lowest BCUT2D eigenvalue weighted by Gasteiger charge is -2.25. The molecule has 1 unspecified atom stereocenters. The summed E-state index contributed by atoms with van der Waals surface area (Å²) in [5.41, 5.74) is 0. The SMILES string of the molecule is CC(C)NCC(C)OCCC1CCC1. The zero-order chi connectivity index (χ0) is 10.4. The van der Waals surface area contributed by atoms with Gasteiger partial charge in [-0.3, -0.25) is 0 Å². The highest BCUT2D eigenvalue weighted by atomic mass is 16.5. The third-order valence-electron chi connectivity index (χ3n) is 2.97. The van der Waals surface area contributed by atoms with E-state index >= 15 is 0 Å². The molecule has 0 radical (unpaired) electrons. The molecule has 1 fully saturated rings. The molecule has 0 aliphatic heterocycles. The van der Waals surface area contributed by atoms with Crippen molar-refractivity contribution in [3.63, 3.8) is 0 Å². The monoisotopic (exact) mass is 199 g/mol. The Morgan fingerprint density at radius 3 is 2.50 bits per heavy atom. The van der Waals surface area contributed by atoms with E-state index in [1.54, 1.807) is 0 Å². The second-order valence-electron chi connectivity index (χ2n) is 4.83. The first kappa shape index (κ1) is 12.0. The van der Waals surface area contributed by atoms with Crippen LogP contribution in [0.5, 0.6) is 0 Å². The summed E-state index contributed by atoms with van der Waals surface area (Å²) in [5, 5.41) is 3.39. The summed E-state index contributed by atoms with van der Waals surface area (Å²) in [7, 11) is 0. The first-order chi connectivity index (χ1) is 6.68. The van der Waals surface area contributed by atoms with Crippen LogP contribution in [0.4, 0.5) is 0 Å². The Morgan fingerprint density at radius 1 is 1.29 bits per heavy atom. The molecule has 2 heteroatoms. The molecule has 1 rings (SSSR count). The molecule has 0 aromatic carbocycles. The van der Waals surface area contributed by atoms with Crippen LogP contribution in [-0.2, 0) is 4.74 Å². The normalized spacial score (nSPS) is 19.7. The van der Waals surface area contributed by atoms with Crippen LogP contribution in [0, 0.1) is 5.92 Å². The zero-order valence-corrected chi connectivity index (χ0v) is 9.88. The quantitative estimate of drug-likeness (QED) is 0.680. The average Bonchev–Trinajstić information content (AvgIpc) is 2.06. The lowest BCUT2D eigenvalue weighted by Crippen LogP contribution is -2.32. The molecule has 0 heterocycles. The van der Waals surface area contributed by atoms with Gasteiger partial charge in [-0.15, -0.1) is 0 Å². The summed E-state index contributed by atoms with van der Waals surface area (Å²) in [6, 6.07) is 0.563. The lowest BCUT2D eigenvalue weighted by atomic mass is 9.83. The maximum Gasteiger partial charge on any atom is 0.0671 e. The van der Waals surface area contributed by atoms with Gasteiger partial charge in [-0.05, 0) is 19.3 Å². The van der Waals surface area contributed by atoms with Crippen LogP contribution < -0.4 is 5.32 Å². The van der Waals surface area contributed by atoms with Crippen LogP contribution >= 0.6 is 0 Å². The Kier molecular flexibility index (Phi) is 5.49. The smallest absolute Gasteiger partial charge is 0.0671 e. The van der Waals surface area contributed by atoms with Crippen molar-refractivity contribution in [3.05, 3.63) is 0 Å². The summed E-state index contributed by atoms with van der Waals surface area (Å²) in [4.78, 5) is 0. The molecule has 1 saturated carbocycles. The van der Waals surface area contributed by atoms with Crippen molar-refractivity contribution < 1.29 is 4.74 Å². The molecular formula is C12H25NO. The highest BCUT2D eigenvalue weighted by Crippen LogP contribution is 2.29. The van der Waals surface area contributed by atoms with Crippen molar-refractivity contribution in [2.24, 2.45) is 5.92 Å². The second kappa shape index (κ2) is 6.41. The van der Waals surface area contributed by atoms with Crippen molar-refractivity contribution in [3.8, 4) is 0 Å². The van der Waals surface area contributed by atoms with Crippen molar-refractivity contribution in [1.82, 2.24) is 5.32 Å². The first-order valence-corrected chi connectivity index (χ1v) is 6.03. The number of nitrogens with one attached hydrogen (secondary N) is 1. The summed E-state index contributed by atoms with van der Waals surface area (Å²) < 4.78 is 5.74. The number of rotatable bonds is 7. The van der Waals surface area contributed by atoms with Gasteiger partial charge in [0.1, 0.15) is 0 Å². The van der Waals surface area contributed by atoms with Crippen molar-refractivity contribution in [2.75, 3.05) is 13.2 Å². The fourth-order valence-corrected chi connectivity index (χ4v) is 1.68. The third-order valence-corrected chi connectivity index (χ3v) is 2.97. The molecule has 2 nitrogen and oxygen atoms in total. The number of hydrogen-bond donors (Lipinski definition) is 1. The van der Waals surface area contributed by atoms with Gasteiger partial charge in [-0.25, -0.2) is 0 Å². The topological polar surface area (TPSA) is 21.3 Å². The molecule has 0 aromatic heterocycles. The number of hydrogen-bond acceptors (Lipinski definition) is 2. The predicted octanol–water partition coefficient (Wildman–Crippen LogP) is 2.58. The van der Waals surface area contributed by atoms with Gasteiger partial charge in [0.15, 0.2) is 0 Å². The Bertz CT molecular complexity index is 143. The first-order valence-electron chi connectivity index (χ1n) is 6.03. The van der Waals surface area contributed by atoms with E-state index in [2.05, 4.69) is 26.1 Å². The highest BCUT2D eigenvalue weighted by Gasteiger charge is 2.17. The minimum Gasteiger partial charge on any atom is -0.377 e. The fourth-order valence-electron chi connectivity index (χ4n) is 1.68. The van der Waals surface area contributed by atoms with Crippen LogP contribution in [0.1, 0.15) is 46.5 Å². The minimum atomic E-state index is 0.359. The van der Waals surface area contributed by atoms with Crippen LogP contribution in [0.2, 0.25) is 0 Å². The largest absolute Gasteiger partial charge is 0.377 e. The minimum absolute atomic E-state index is 0.359. The van der Waals surface area contributed by atoms with E-state index in [9.17, 15) is 0 Å². The Labute approximate surface area is 88.4 Å². The van der Waals surface area contributed by atoms with Gasteiger partial charge in [-0.2, -0.15) is 0 Å². The number of ether oxygens (including phenoxy) is 1. The van der Waals surface area contributed by atoms with E-state index in [1.807, 2.05) is 0 Å². The highest BCUT2D eigenvalue weighted by molar-refractivity contribution is 4.69. The third kappa shape index (κ3) is 4.97. The molecular weight excluding hydrogens is 174 g/mol. The molecule has 1 aliphatic rings. The van der Waals surface area contributed by atoms with Crippen LogP contribution in [0.15, 0.2) is 0 Å². The van der Waals surface area contributed by atoms with Crippen LogP contribution in [0.3, 0.4) is 0 Å². The maximum atomic E-state index is 5.74. The van der Waals surface area contributed by atoms with E-state index in [-0.39, 0.29) is 0 Å². The predicted molar refractivity (Wildman–Crippen MR) is 60.5 cm³/mol. The van der Waals surface area contributed by atoms with E-state index in [1.165, 1.54) is 25.7 Å². The summed E-state index contributed by atoms with van der Waals surface area (Å²) >= 11 is 0. The Morgan fingerprint density at radius 2 is 2.00 bits per heavy atom. The lowest BCUT2D eigenvalue weighted by molar-refractivity contribution is 0.0482. The molecule has 0 bridgehead atoms. The molecule has 0 amide bonds. The molecule has 0 saturated heterocycles. The molecule has 1 N–H and O–H groups in total. The van der Waals surface area contributed by atoms with E-state index < -0.39 is 0 Å². The van der Waals surface area contributed by atoms with Crippen LogP contribution in [0.25, 0.3) is 0 Å². The van der Waals surface area contributed by atoms with Gasteiger partial charge in [-0.1, -0.05) is 33.1 Å². The summed E-state index contributed by atoms with van der Waals surface area (Å²) in [5.74, 6) is 0.972. The molecule has 1 aliphatic carbocycles. The second-order valence-corrected chi connectivity index (χ2v) is 4.83.